The first-order chi connectivity index (χ1) is 18.7. The Bertz CT molecular complexity index is 1720. The lowest BCUT2D eigenvalue weighted by Crippen LogP contribution is -2.23. The summed E-state index contributed by atoms with van der Waals surface area (Å²) in [5.41, 5.74) is 7.79. The molecule has 200 valence electrons. The third-order valence-electron chi connectivity index (χ3n) is 6.11. The number of fused-ring (bicyclic) bond motifs is 1. The Balaban J connectivity index is 1.62. The molecule has 0 atom stereocenters. The highest BCUT2D eigenvalue weighted by atomic mass is 15.1. The van der Waals surface area contributed by atoms with Crippen molar-refractivity contribution in [2.24, 2.45) is 0 Å². The summed E-state index contributed by atoms with van der Waals surface area (Å²) < 4.78 is 1.95. The van der Waals surface area contributed by atoms with Gasteiger partial charge in [-0.15, -0.1) is 0 Å². The van der Waals surface area contributed by atoms with Crippen molar-refractivity contribution in [2.75, 3.05) is 20.6 Å². The molecule has 4 aromatic heterocycles. The van der Waals surface area contributed by atoms with E-state index in [-0.39, 0.29) is 0 Å². The molecule has 3 N–H and O–H groups in total. The van der Waals surface area contributed by atoms with Crippen LogP contribution >= 0.6 is 0 Å². The predicted molar refractivity (Wildman–Crippen MR) is 159 cm³/mol. The van der Waals surface area contributed by atoms with Gasteiger partial charge in [-0.05, 0) is 70.3 Å². The van der Waals surface area contributed by atoms with Crippen LogP contribution in [-0.4, -0.2) is 60.2 Å². The summed E-state index contributed by atoms with van der Waals surface area (Å²) in [5, 5.41) is 12.4. The third-order valence-corrected chi connectivity index (χ3v) is 6.11. The number of likely N-dealkylation sites (N-methyl/N-ethyl adjacent to an activating group) is 1. The van der Waals surface area contributed by atoms with E-state index in [9.17, 15) is 0 Å². The highest BCUT2D eigenvalue weighted by Crippen LogP contribution is 2.21. The fourth-order valence-electron chi connectivity index (χ4n) is 4.16. The van der Waals surface area contributed by atoms with Crippen LogP contribution in [0.1, 0.15) is 19.5 Å². The number of pyridine rings is 1. The first-order valence-electron chi connectivity index (χ1n) is 12.6. The molecule has 0 saturated carbocycles. The second-order valence-electron chi connectivity index (χ2n) is 9.53. The zero-order chi connectivity index (χ0) is 28.1. The van der Waals surface area contributed by atoms with Crippen LogP contribution in [0.15, 0.2) is 84.8 Å². The molecule has 0 spiro atoms. The number of hydrogen-bond acceptors (Lipinski definition) is 6. The van der Waals surface area contributed by atoms with Crippen LogP contribution in [-0.2, 0) is 0 Å². The normalized spacial score (nSPS) is 13.5. The Morgan fingerprint density at radius 3 is 2.72 bits per heavy atom. The van der Waals surface area contributed by atoms with Gasteiger partial charge in [0, 0.05) is 35.6 Å². The second-order valence-corrected chi connectivity index (χ2v) is 9.53. The van der Waals surface area contributed by atoms with Gasteiger partial charge >= 0.3 is 0 Å². The maximum absolute atomic E-state index is 4.67. The van der Waals surface area contributed by atoms with Crippen LogP contribution in [0.2, 0.25) is 0 Å². The van der Waals surface area contributed by atoms with E-state index in [1.54, 1.807) is 18.6 Å². The molecule has 4 rings (SSSR count). The van der Waals surface area contributed by atoms with Crippen LogP contribution in [0, 0.1) is 6.92 Å². The van der Waals surface area contributed by atoms with Gasteiger partial charge in [-0.25, -0.2) is 15.0 Å². The Morgan fingerprint density at radius 1 is 1.26 bits per heavy atom. The van der Waals surface area contributed by atoms with Gasteiger partial charge < -0.3 is 19.8 Å². The highest BCUT2D eigenvalue weighted by molar-refractivity contribution is 5.83. The lowest BCUT2D eigenvalue weighted by Gasteiger charge is -2.15. The first kappa shape index (κ1) is 27.3. The molecule has 4 aromatic rings. The maximum atomic E-state index is 4.67. The lowest BCUT2D eigenvalue weighted by atomic mass is 10.1. The van der Waals surface area contributed by atoms with E-state index < -0.39 is 0 Å². The van der Waals surface area contributed by atoms with Crippen molar-refractivity contribution in [3.8, 4) is 17.2 Å². The minimum atomic E-state index is 0.597. The molecule has 0 aliphatic heterocycles. The minimum absolute atomic E-state index is 0.597. The van der Waals surface area contributed by atoms with Crippen molar-refractivity contribution in [3.63, 3.8) is 0 Å². The van der Waals surface area contributed by atoms with Crippen molar-refractivity contribution in [1.82, 2.24) is 44.9 Å². The molecule has 9 heteroatoms. The van der Waals surface area contributed by atoms with Crippen LogP contribution in [0.3, 0.4) is 0 Å². The van der Waals surface area contributed by atoms with Gasteiger partial charge in [0.05, 0.1) is 23.1 Å². The average Bonchev–Trinajstić information content (AvgIpc) is 3.62. The van der Waals surface area contributed by atoms with Crippen molar-refractivity contribution >= 4 is 23.8 Å². The van der Waals surface area contributed by atoms with Crippen LogP contribution in [0.4, 0.5) is 0 Å². The lowest BCUT2D eigenvalue weighted by molar-refractivity contribution is 0.438. The number of aromatic amines is 2. The summed E-state index contributed by atoms with van der Waals surface area (Å²) in [7, 11) is 4.01. The quantitative estimate of drug-likeness (QED) is 0.275. The SMILES string of the molecule is C=C\C(=C/C(=C\C)C(/C)=C/C=c1/[nH]nc(-c2nc3nccc(-n4cnc(C)c4)c3[nH]2)c1=C)NC(=C)CN(C)C. The number of hydrogen-bond donors (Lipinski definition) is 3. The summed E-state index contributed by atoms with van der Waals surface area (Å²) in [6.07, 6.45) is 15.4. The number of rotatable bonds is 10. The number of nitrogens with zero attached hydrogens (tertiary/aromatic N) is 6. The molecule has 0 amide bonds. The molecule has 0 aliphatic rings. The summed E-state index contributed by atoms with van der Waals surface area (Å²) in [6.45, 7) is 19.0. The number of H-pyrrole nitrogens is 2. The summed E-state index contributed by atoms with van der Waals surface area (Å²) in [4.78, 5) is 18.9. The number of imidazole rings is 2. The van der Waals surface area contributed by atoms with Crippen molar-refractivity contribution in [3.05, 3.63) is 101 Å². The van der Waals surface area contributed by atoms with E-state index in [0.717, 1.165) is 56.6 Å². The fraction of sp³-hybridized carbons (Fsp3) is 0.200. The molecule has 0 unspecified atom stereocenters. The van der Waals surface area contributed by atoms with E-state index in [0.29, 0.717) is 17.2 Å². The number of allylic oxidation sites excluding steroid dienone is 6. The van der Waals surface area contributed by atoms with Gasteiger partial charge in [0.2, 0.25) is 0 Å². The molecule has 39 heavy (non-hydrogen) atoms. The number of aryl methyl sites for hydroxylation is 1. The molecule has 4 heterocycles. The Hall–Kier alpha value is -4.76. The molecular formula is C30H35N9. The van der Waals surface area contributed by atoms with E-state index in [4.69, 9.17) is 0 Å². The highest BCUT2D eigenvalue weighted by Gasteiger charge is 2.14. The summed E-state index contributed by atoms with van der Waals surface area (Å²) in [5.74, 6) is 0.597. The van der Waals surface area contributed by atoms with E-state index >= 15 is 0 Å². The van der Waals surface area contributed by atoms with Crippen LogP contribution < -0.4 is 15.9 Å². The minimum Gasteiger partial charge on any atom is -0.358 e. The van der Waals surface area contributed by atoms with Crippen LogP contribution in [0.25, 0.3) is 41.0 Å². The smallest absolute Gasteiger partial charge is 0.180 e. The maximum Gasteiger partial charge on any atom is 0.180 e. The Morgan fingerprint density at radius 2 is 2.05 bits per heavy atom. The van der Waals surface area contributed by atoms with Crippen molar-refractivity contribution < 1.29 is 0 Å². The summed E-state index contributed by atoms with van der Waals surface area (Å²) >= 11 is 0. The van der Waals surface area contributed by atoms with Gasteiger partial charge in [0.15, 0.2) is 11.5 Å². The van der Waals surface area contributed by atoms with E-state index in [1.807, 2.05) is 56.9 Å². The van der Waals surface area contributed by atoms with Gasteiger partial charge in [-0.3, -0.25) is 5.10 Å². The standard InChI is InChI=1S/C30H35N9/c1-9-23(15-24(10-2)33-21(5)16-38(7)8)19(3)11-12-25-22(6)27(37-36-25)30-34-28-26(13-14-31-29(28)35-30)39-17-20(4)32-18-39/h9-15,17-18,33,36H,2,5-6,16H2,1,3-4,7-8H3,(H,31,34,35)/b19-11+,23-9+,24-15+,25-12+. The topological polar surface area (TPSA) is 103 Å². The first-order valence-corrected chi connectivity index (χ1v) is 12.6. The van der Waals surface area contributed by atoms with Gasteiger partial charge in [0.25, 0.3) is 0 Å². The molecule has 9 nitrogen and oxygen atoms in total. The molecule has 0 saturated heterocycles. The van der Waals surface area contributed by atoms with Crippen LogP contribution in [0.5, 0.6) is 0 Å². The zero-order valence-corrected chi connectivity index (χ0v) is 23.2. The average molecular weight is 522 g/mol. The van der Waals surface area contributed by atoms with E-state index in [2.05, 4.69) is 79.2 Å². The van der Waals surface area contributed by atoms with Gasteiger partial charge in [-0.2, -0.15) is 5.10 Å². The Labute approximate surface area is 228 Å². The van der Waals surface area contributed by atoms with Crippen molar-refractivity contribution in [2.45, 2.75) is 20.8 Å². The summed E-state index contributed by atoms with van der Waals surface area (Å²) in [6, 6.07) is 1.92. The molecule has 0 aliphatic carbocycles. The monoisotopic (exact) mass is 521 g/mol. The van der Waals surface area contributed by atoms with Gasteiger partial charge in [0.1, 0.15) is 11.2 Å². The largest absolute Gasteiger partial charge is 0.358 e. The van der Waals surface area contributed by atoms with E-state index in [1.165, 1.54) is 0 Å². The van der Waals surface area contributed by atoms with Crippen molar-refractivity contribution in [1.29, 1.82) is 0 Å². The predicted octanol–water partition coefficient (Wildman–Crippen LogP) is 3.66. The second kappa shape index (κ2) is 11.7. The number of aromatic nitrogens is 7. The molecule has 0 fully saturated rings. The molecular weight excluding hydrogens is 486 g/mol. The Kier molecular flexibility index (Phi) is 8.21. The number of nitrogens with one attached hydrogen (secondary N) is 3. The molecule has 0 aromatic carbocycles. The zero-order valence-electron chi connectivity index (χ0n) is 23.2. The fourth-order valence-corrected chi connectivity index (χ4v) is 4.16. The molecule has 0 radical (unpaired) electrons. The third kappa shape index (κ3) is 6.22. The van der Waals surface area contributed by atoms with Gasteiger partial charge in [-0.1, -0.05) is 31.9 Å². The molecule has 0 bridgehead atoms.